The van der Waals surface area contributed by atoms with Crippen LogP contribution in [0.2, 0.25) is 0 Å². The van der Waals surface area contributed by atoms with E-state index in [1.165, 1.54) is 25.1 Å². The molecule has 0 saturated heterocycles. The zero-order valence-electron chi connectivity index (χ0n) is 12.3. The average molecular weight is 326 g/mol. The van der Waals surface area contributed by atoms with Crippen LogP contribution >= 0.6 is 0 Å². The first-order valence-corrected chi connectivity index (χ1v) is 6.63. The summed E-state index contributed by atoms with van der Waals surface area (Å²) >= 11 is 0. The van der Waals surface area contributed by atoms with E-state index < -0.39 is 27.9 Å². The molecule has 0 bridgehead atoms. The Morgan fingerprint density at radius 1 is 1.22 bits per heavy atom. The Kier molecular flexibility index (Phi) is 4.26. The van der Waals surface area contributed by atoms with Crippen molar-refractivity contribution in [2.75, 3.05) is 0 Å². The third-order valence-electron chi connectivity index (χ3n) is 3.45. The number of aryl methyl sites for hydroxylation is 2. The largest absolute Gasteiger partial charge is 0.416 e. The summed E-state index contributed by atoms with van der Waals surface area (Å²) in [6.07, 6.45) is -4.49. The number of alkyl halides is 3. The van der Waals surface area contributed by atoms with Gasteiger partial charge in [-0.3, -0.25) is 14.9 Å². The van der Waals surface area contributed by atoms with Crippen molar-refractivity contribution in [1.29, 1.82) is 0 Å². The van der Waals surface area contributed by atoms with Crippen LogP contribution in [0.25, 0.3) is 0 Å². The van der Waals surface area contributed by atoms with Crippen molar-refractivity contribution in [2.45, 2.75) is 26.6 Å². The van der Waals surface area contributed by atoms with Crippen LogP contribution in [0, 0.1) is 24.0 Å². The van der Waals surface area contributed by atoms with Crippen molar-refractivity contribution in [1.82, 2.24) is 4.57 Å². The van der Waals surface area contributed by atoms with Gasteiger partial charge in [-0.05, 0) is 37.6 Å². The van der Waals surface area contributed by atoms with Crippen LogP contribution in [0.5, 0.6) is 0 Å². The van der Waals surface area contributed by atoms with E-state index >= 15 is 0 Å². The summed E-state index contributed by atoms with van der Waals surface area (Å²) in [5.41, 5.74) is -1.33. The standard InChI is InChI=1S/C15H13F3N2O3/c1-9-6-10(2)19(14(21)13(9)20(22)23)8-11-4-3-5-12(7-11)15(16,17)18/h3-7H,8H2,1-2H3. The number of benzene rings is 1. The van der Waals surface area contributed by atoms with Gasteiger partial charge in [0.05, 0.1) is 17.0 Å². The fourth-order valence-corrected chi connectivity index (χ4v) is 2.36. The lowest BCUT2D eigenvalue weighted by molar-refractivity contribution is -0.387. The number of aromatic nitrogens is 1. The number of pyridine rings is 1. The van der Waals surface area contributed by atoms with Crippen LogP contribution in [0.3, 0.4) is 0 Å². The van der Waals surface area contributed by atoms with Gasteiger partial charge in [-0.25, -0.2) is 0 Å². The molecule has 0 spiro atoms. The SMILES string of the molecule is Cc1cc(C)n(Cc2cccc(C(F)(F)F)c2)c(=O)c1[N+](=O)[O-]. The third-order valence-corrected chi connectivity index (χ3v) is 3.45. The molecule has 0 aliphatic carbocycles. The van der Waals surface area contributed by atoms with Crippen LogP contribution in [0.4, 0.5) is 18.9 Å². The second-order valence-corrected chi connectivity index (χ2v) is 5.16. The molecule has 0 unspecified atom stereocenters. The van der Waals surface area contributed by atoms with Gasteiger partial charge in [0.15, 0.2) is 0 Å². The van der Waals surface area contributed by atoms with E-state index in [1.807, 2.05) is 0 Å². The maximum Gasteiger partial charge on any atom is 0.416 e. The van der Waals surface area contributed by atoms with Gasteiger partial charge in [-0.15, -0.1) is 0 Å². The summed E-state index contributed by atoms with van der Waals surface area (Å²) in [5, 5.41) is 11.0. The second-order valence-electron chi connectivity index (χ2n) is 5.16. The van der Waals surface area contributed by atoms with Gasteiger partial charge in [-0.2, -0.15) is 13.2 Å². The molecule has 0 atom stereocenters. The van der Waals surface area contributed by atoms with Gasteiger partial charge in [0, 0.05) is 11.3 Å². The van der Waals surface area contributed by atoms with Crippen molar-refractivity contribution in [3.63, 3.8) is 0 Å². The molecule has 1 heterocycles. The minimum absolute atomic E-state index is 0.171. The van der Waals surface area contributed by atoms with Gasteiger partial charge < -0.3 is 4.57 Å². The molecular formula is C15H13F3N2O3. The molecule has 8 heteroatoms. The lowest BCUT2D eigenvalue weighted by atomic mass is 10.1. The highest BCUT2D eigenvalue weighted by Crippen LogP contribution is 2.29. The molecular weight excluding hydrogens is 313 g/mol. The first kappa shape index (κ1) is 16.7. The van der Waals surface area contributed by atoms with E-state index in [-0.39, 0.29) is 17.7 Å². The maximum atomic E-state index is 12.7. The lowest BCUT2D eigenvalue weighted by Crippen LogP contribution is -2.26. The van der Waals surface area contributed by atoms with E-state index in [0.29, 0.717) is 5.69 Å². The molecule has 122 valence electrons. The monoisotopic (exact) mass is 326 g/mol. The molecule has 1 aromatic carbocycles. The van der Waals surface area contributed by atoms with Gasteiger partial charge in [0.2, 0.25) is 0 Å². The maximum absolute atomic E-state index is 12.7. The third kappa shape index (κ3) is 3.41. The number of halogens is 3. The van der Waals surface area contributed by atoms with E-state index in [1.54, 1.807) is 6.92 Å². The summed E-state index contributed by atoms with van der Waals surface area (Å²) < 4.78 is 39.3. The molecule has 0 amide bonds. The van der Waals surface area contributed by atoms with E-state index in [0.717, 1.165) is 16.7 Å². The fourth-order valence-electron chi connectivity index (χ4n) is 2.36. The molecule has 2 rings (SSSR count). The minimum atomic E-state index is -4.49. The quantitative estimate of drug-likeness (QED) is 0.641. The Bertz CT molecular complexity index is 826. The first-order valence-electron chi connectivity index (χ1n) is 6.63. The number of hydrogen-bond donors (Lipinski definition) is 0. The highest BCUT2D eigenvalue weighted by Gasteiger charge is 2.30. The molecule has 0 N–H and O–H groups in total. The van der Waals surface area contributed by atoms with Crippen LogP contribution in [0.1, 0.15) is 22.4 Å². The molecule has 0 fully saturated rings. The smallest absolute Gasteiger partial charge is 0.303 e. The minimum Gasteiger partial charge on any atom is -0.303 e. The molecule has 2 aromatic rings. The molecule has 0 radical (unpaired) electrons. The number of rotatable bonds is 3. The topological polar surface area (TPSA) is 65.1 Å². The molecule has 23 heavy (non-hydrogen) atoms. The van der Waals surface area contributed by atoms with Crippen molar-refractivity contribution >= 4 is 5.69 Å². The highest BCUT2D eigenvalue weighted by atomic mass is 19.4. The summed E-state index contributed by atoms with van der Waals surface area (Å²) in [7, 11) is 0. The summed E-state index contributed by atoms with van der Waals surface area (Å²) in [6.45, 7) is 2.85. The van der Waals surface area contributed by atoms with Gasteiger partial charge in [-0.1, -0.05) is 12.1 Å². The Balaban J connectivity index is 2.52. The first-order chi connectivity index (χ1) is 10.6. The predicted octanol–water partition coefficient (Wildman–Crippen LogP) is 3.44. The Labute approximate surface area is 129 Å². The second kappa shape index (κ2) is 5.86. The highest BCUT2D eigenvalue weighted by molar-refractivity contribution is 5.39. The van der Waals surface area contributed by atoms with Crippen LogP contribution in [-0.2, 0) is 12.7 Å². The number of nitrogens with zero attached hydrogens (tertiary/aromatic N) is 2. The molecule has 0 aliphatic heterocycles. The number of nitro groups is 1. The Hall–Kier alpha value is -2.64. The van der Waals surface area contributed by atoms with E-state index in [2.05, 4.69) is 0 Å². The normalized spacial score (nSPS) is 11.5. The van der Waals surface area contributed by atoms with Gasteiger partial charge in [0.1, 0.15) is 0 Å². The molecule has 0 aliphatic rings. The van der Waals surface area contributed by atoms with Crippen LogP contribution < -0.4 is 5.56 Å². The Morgan fingerprint density at radius 3 is 2.43 bits per heavy atom. The number of hydrogen-bond acceptors (Lipinski definition) is 3. The average Bonchev–Trinajstić information content (AvgIpc) is 2.42. The molecule has 1 aromatic heterocycles. The van der Waals surface area contributed by atoms with Gasteiger partial charge >= 0.3 is 17.4 Å². The predicted molar refractivity (Wildman–Crippen MR) is 77.4 cm³/mol. The molecule has 5 nitrogen and oxygen atoms in total. The fraction of sp³-hybridized carbons (Fsp3) is 0.267. The van der Waals surface area contributed by atoms with E-state index in [9.17, 15) is 28.1 Å². The van der Waals surface area contributed by atoms with Crippen molar-refractivity contribution in [2.24, 2.45) is 0 Å². The Morgan fingerprint density at radius 2 is 1.87 bits per heavy atom. The van der Waals surface area contributed by atoms with E-state index in [4.69, 9.17) is 0 Å². The van der Waals surface area contributed by atoms with Crippen molar-refractivity contribution in [3.05, 3.63) is 73.2 Å². The summed E-state index contributed by atoms with van der Waals surface area (Å²) in [6, 6.07) is 6.00. The molecule has 0 saturated carbocycles. The zero-order chi connectivity index (χ0) is 17.4. The summed E-state index contributed by atoms with van der Waals surface area (Å²) in [4.78, 5) is 22.4. The van der Waals surface area contributed by atoms with Crippen LogP contribution in [-0.4, -0.2) is 9.49 Å². The summed E-state index contributed by atoms with van der Waals surface area (Å²) in [5.74, 6) is 0. The van der Waals surface area contributed by atoms with Crippen molar-refractivity contribution < 1.29 is 18.1 Å². The lowest BCUT2D eigenvalue weighted by Gasteiger charge is -2.13. The van der Waals surface area contributed by atoms with Crippen molar-refractivity contribution in [3.8, 4) is 0 Å². The van der Waals surface area contributed by atoms with Gasteiger partial charge in [0.25, 0.3) is 0 Å². The van der Waals surface area contributed by atoms with Crippen LogP contribution in [0.15, 0.2) is 35.1 Å². The zero-order valence-corrected chi connectivity index (χ0v) is 12.3.